The molecule has 0 bridgehead atoms. The van der Waals surface area contributed by atoms with Gasteiger partial charge in [-0.3, -0.25) is 4.89 Å². The van der Waals surface area contributed by atoms with Crippen molar-refractivity contribution >= 4 is 11.5 Å². The number of hydrogen-bond acceptors (Lipinski definition) is 6. The molecule has 0 saturated carbocycles. The SMILES string of the molecule is COOC(=O)/C=C(\C)c1ccc(C[C@@H](C)NCC(O)COc2ccccc2)cc1. The minimum atomic E-state index is -0.584. The van der Waals surface area contributed by atoms with E-state index in [4.69, 9.17) is 4.74 Å². The summed E-state index contributed by atoms with van der Waals surface area (Å²) < 4.78 is 5.56. The van der Waals surface area contributed by atoms with Crippen molar-refractivity contribution in [1.82, 2.24) is 5.32 Å². The van der Waals surface area contributed by atoms with E-state index in [0.717, 1.165) is 28.9 Å². The molecule has 0 fully saturated rings. The highest BCUT2D eigenvalue weighted by Crippen LogP contribution is 2.16. The van der Waals surface area contributed by atoms with Crippen LogP contribution in [-0.2, 0) is 21.0 Å². The monoisotopic (exact) mass is 399 g/mol. The van der Waals surface area contributed by atoms with E-state index in [1.165, 1.54) is 13.2 Å². The molecule has 0 radical (unpaired) electrons. The van der Waals surface area contributed by atoms with Crippen LogP contribution in [0, 0.1) is 0 Å². The van der Waals surface area contributed by atoms with Gasteiger partial charge in [-0.2, -0.15) is 4.89 Å². The van der Waals surface area contributed by atoms with Gasteiger partial charge in [0.15, 0.2) is 0 Å². The quantitative estimate of drug-likeness (QED) is 0.343. The molecule has 2 rings (SSSR count). The zero-order valence-corrected chi connectivity index (χ0v) is 17.1. The molecule has 0 saturated heterocycles. The topological polar surface area (TPSA) is 77.0 Å². The second kappa shape index (κ2) is 12.0. The number of carbonyl (C=O) groups is 1. The van der Waals surface area contributed by atoms with E-state index >= 15 is 0 Å². The first kappa shape index (κ1) is 22.6. The smallest absolute Gasteiger partial charge is 0.366 e. The molecule has 156 valence electrons. The molecule has 6 heteroatoms. The van der Waals surface area contributed by atoms with Crippen LogP contribution in [0.1, 0.15) is 25.0 Å². The molecule has 2 atom stereocenters. The number of aliphatic hydroxyl groups is 1. The van der Waals surface area contributed by atoms with Gasteiger partial charge in [-0.25, -0.2) is 4.79 Å². The highest BCUT2D eigenvalue weighted by Gasteiger charge is 2.09. The first-order valence-electron chi connectivity index (χ1n) is 9.59. The van der Waals surface area contributed by atoms with Crippen LogP contribution in [0.15, 0.2) is 60.7 Å². The molecule has 0 amide bonds. The van der Waals surface area contributed by atoms with E-state index in [1.54, 1.807) is 0 Å². The predicted molar refractivity (Wildman–Crippen MR) is 112 cm³/mol. The number of benzene rings is 2. The van der Waals surface area contributed by atoms with Crippen LogP contribution in [0.5, 0.6) is 5.75 Å². The van der Waals surface area contributed by atoms with E-state index in [0.29, 0.717) is 6.54 Å². The maximum Gasteiger partial charge on any atom is 0.366 e. The van der Waals surface area contributed by atoms with Crippen molar-refractivity contribution in [3.63, 3.8) is 0 Å². The predicted octanol–water partition coefficient (Wildman–Crippen LogP) is 3.16. The molecule has 2 aromatic rings. The van der Waals surface area contributed by atoms with Crippen molar-refractivity contribution in [2.75, 3.05) is 20.3 Å². The Morgan fingerprint density at radius 1 is 1.14 bits per heavy atom. The van der Waals surface area contributed by atoms with Gasteiger partial charge in [0, 0.05) is 18.7 Å². The van der Waals surface area contributed by atoms with Crippen LogP contribution in [0.25, 0.3) is 5.57 Å². The Labute approximate surface area is 172 Å². The van der Waals surface area contributed by atoms with Crippen molar-refractivity contribution < 1.29 is 24.4 Å². The fraction of sp³-hybridized carbons (Fsp3) is 0.348. The molecule has 0 heterocycles. The molecule has 1 unspecified atom stereocenters. The lowest BCUT2D eigenvalue weighted by Crippen LogP contribution is -2.37. The first-order chi connectivity index (χ1) is 14.0. The number of aliphatic hydroxyl groups excluding tert-OH is 1. The summed E-state index contributed by atoms with van der Waals surface area (Å²) in [5.41, 5.74) is 2.90. The maximum atomic E-state index is 11.4. The molecule has 0 aromatic heterocycles. The van der Waals surface area contributed by atoms with Gasteiger partial charge < -0.3 is 15.2 Å². The molecular weight excluding hydrogens is 370 g/mol. The summed E-state index contributed by atoms with van der Waals surface area (Å²) in [6, 6.07) is 17.6. The van der Waals surface area contributed by atoms with Gasteiger partial charge in [-0.1, -0.05) is 42.5 Å². The molecule has 29 heavy (non-hydrogen) atoms. The van der Waals surface area contributed by atoms with Gasteiger partial charge >= 0.3 is 5.97 Å². The van der Waals surface area contributed by atoms with E-state index in [2.05, 4.69) is 22.0 Å². The first-order valence-corrected chi connectivity index (χ1v) is 9.59. The van der Waals surface area contributed by atoms with Crippen LogP contribution < -0.4 is 10.1 Å². The van der Waals surface area contributed by atoms with E-state index in [-0.39, 0.29) is 12.6 Å². The van der Waals surface area contributed by atoms with Gasteiger partial charge in [0.2, 0.25) is 0 Å². The minimum Gasteiger partial charge on any atom is -0.491 e. The maximum absolute atomic E-state index is 11.4. The van der Waals surface area contributed by atoms with Crippen molar-refractivity contribution in [1.29, 1.82) is 0 Å². The number of para-hydroxylation sites is 1. The van der Waals surface area contributed by atoms with Gasteiger partial charge in [0.1, 0.15) is 18.5 Å². The Morgan fingerprint density at radius 3 is 2.48 bits per heavy atom. The summed E-state index contributed by atoms with van der Waals surface area (Å²) >= 11 is 0. The molecule has 0 aliphatic carbocycles. The Hall–Kier alpha value is -2.67. The number of hydrogen-bond donors (Lipinski definition) is 2. The lowest BCUT2D eigenvalue weighted by Gasteiger charge is -2.18. The summed E-state index contributed by atoms with van der Waals surface area (Å²) in [6.07, 6.45) is 1.63. The van der Waals surface area contributed by atoms with Crippen LogP contribution >= 0.6 is 0 Å². The zero-order chi connectivity index (χ0) is 21.1. The third kappa shape index (κ3) is 8.48. The molecule has 0 aliphatic rings. The largest absolute Gasteiger partial charge is 0.491 e. The van der Waals surface area contributed by atoms with Crippen molar-refractivity contribution in [2.24, 2.45) is 0 Å². The second-order valence-electron chi connectivity index (χ2n) is 6.88. The number of allylic oxidation sites excluding steroid dienone is 1. The number of rotatable bonds is 11. The standard InChI is InChI=1S/C23H29NO5/c1-17(13-23(26)29-27-3)20-11-9-19(10-12-20)14-18(2)24-15-21(25)16-28-22-7-5-4-6-8-22/h4-13,18,21,24-25H,14-16H2,1-3H3/b17-13+/t18-,21?/m1/s1. The molecule has 0 aliphatic heterocycles. The van der Waals surface area contributed by atoms with Crippen LogP contribution in [-0.4, -0.2) is 43.5 Å². The van der Waals surface area contributed by atoms with Crippen molar-refractivity contribution in [2.45, 2.75) is 32.4 Å². The van der Waals surface area contributed by atoms with Crippen LogP contribution in [0.3, 0.4) is 0 Å². The number of carbonyl (C=O) groups excluding carboxylic acids is 1. The minimum absolute atomic E-state index is 0.195. The Morgan fingerprint density at radius 2 is 1.83 bits per heavy atom. The molecule has 2 aromatic carbocycles. The summed E-state index contributed by atoms with van der Waals surface area (Å²) in [6.45, 7) is 4.62. The number of nitrogens with one attached hydrogen (secondary N) is 1. The lowest BCUT2D eigenvalue weighted by atomic mass is 10.0. The summed E-state index contributed by atoms with van der Waals surface area (Å²) in [5, 5.41) is 13.4. The third-order valence-corrected chi connectivity index (χ3v) is 4.34. The van der Waals surface area contributed by atoms with Gasteiger partial charge in [0.25, 0.3) is 0 Å². The van der Waals surface area contributed by atoms with Gasteiger partial charge in [0.05, 0.1) is 7.11 Å². The number of ether oxygens (including phenoxy) is 1. The third-order valence-electron chi connectivity index (χ3n) is 4.34. The molecule has 6 nitrogen and oxygen atoms in total. The van der Waals surface area contributed by atoms with E-state index in [9.17, 15) is 9.90 Å². The molecule has 0 spiro atoms. The van der Waals surface area contributed by atoms with Crippen molar-refractivity contribution in [3.8, 4) is 5.75 Å². The lowest BCUT2D eigenvalue weighted by molar-refractivity contribution is -0.249. The van der Waals surface area contributed by atoms with Gasteiger partial charge in [-0.15, -0.1) is 0 Å². The second-order valence-corrected chi connectivity index (χ2v) is 6.88. The average molecular weight is 399 g/mol. The zero-order valence-electron chi connectivity index (χ0n) is 17.1. The fourth-order valence-electron chi connectivity index (χ4n) is 2.80. The highest BCUT2D eigenvalue weighted by molar-refractivity contribution is 5.90. The highest BCUT2D eigenvalue weighted by atomic mass is 17.2. The molecule has 2 N–H and O–H groups in total. The van der Waals surface area contributed by atoms with Crippen LogP contribution in [0.4, 0.5) is 0 Å². The van der Waals surface area contributed by atoms with Gasteiger partial charge in [-0.05, 0) is 49.1 Å². The summed E-state index contributed by atoms with van der Waals surface area (Å²) in [4.78, 5) is 20.2. The molecular formula is C23H29NO5. The van der Waals surface area contributed by atoms with Crippen LogP contribution in [0.2, 0.25) is 0 Å². The summed E-state index contributed by atoms with van der Waals surface area (Å²) in [5.74, 6) is 0.209. The summed E-state index contributed by atoms with van der Waals surface area (Å²) in [7, 11) is 1.29. The Bertz CT molecular complexity index is 774. The Balaban J connectivity index is 1.75. The fourth-order valence-corrected chi connectivity index (χ4v) is 2.80. The van der Waals surface area contributed by atoms with E-state index in [1.807, 2.05) is 61.5 Å². The normalized spacial score (nSPS) is 13.6. The van der Waals surface area contributed by atoms with Crippen molar-refractivity contribution in [3.05, 3.63) is 71.8 Å². The average Bonchev–Trinajstić information content (AvgIpc) is 2.72. The Kier molecular flexibility index (Phi) is 9.37. The van der Waals surface area contributed by atoms with E-state index < -0.39 is 12.1 Å².